The van der Waals surface area contributed by atoms with Gasteiger partial charge in [0.25, 0.3) is 5.69 Å². The molecule has 1 aliphatic heterocycles. The predicted octanol–water partition coefficient (Wildman–Crippen LogP) is -0.113. The Morgan fingerprint density at radius 1 is 1.67 bits per heavy atom. The van der Waals surface area contributed by atoms with Gasteiger partial charge in [-0.1, -0.05) is 0 Å². The minimum atomic E-state index is -0.614. The van der Waals surface area contributed by atoms with Crippen LogP contribution in [0, 0.1) is 10.1 Å². The zero-order valence-corrected chi connectivity index (χ0v) is 7.45. The van der Waals surface area contributed by atoms with Gasteiger partial charge in [-0.05, 0) is 0 Å². The van der Waals surface area contributed by atoms with Crippen molar-refractivity contribution in [1.29, 1.82) is 0 Å². The number of fused-ring (bicyclic) bond motifs is 1. The Morgan fingerprint density at radius 3 is 3.07 bits per heavy atom. The molecule has 0 aromatic carbocycles. The fourth-order valence-corrected chi connectivity index (χ4v) is 1.32. The van der Waals surface area contributed by atoms with Crippen molar-refractivity contribution < 1.29 is 14.9 Å². The fourth-order valence-electron chi connectivity index (χ4n) is 1.32. The maximum absolute atomic E-state index is 11.0. The maximum atomic E-state index is 11.0. The number of carbonyl (C=O) groups is 1. The van der Waals surface area contributed by atoms with Crippen LogP contribution < -0.4 is 4.97 Å². The highest BCUT2D eigenvalue weighted by Crippen LogP contribution is 2.25. The lowest BCUT2D eigenvalue weighted by Gasteiger charge is -2.22. The molecule has 0 saturated heterocycles. The van der Waals surface area contributed by atoms with Crippen molar-refractivity contribution in [1.82, 2.24) is 4.98 Å². The van der Waals surface area contributed by atoms with E-state index in [0.29, 0.717) is 10.7 Å². The summed E-state index contributed by atoms with van der Waals surface area (Å²) in [6.07, 6.45) is 1.11. The van der Waals surface area contributed by atoms with Gasteiger partial charge < -0.3 is 10.0 Å². The van der Waals surface area contributed by atoms with Gasteiger partial charge in [0.2, 0.25) is 0 Å². The van der Waals surface area contributed by atoms with Gasteiger partial charge >= 0.3 is 7.41 Å². The number of nitro groups is 1. The molecule has 1 aromatic heterocycles. The first kappa shape index (κ1) is 9.59. The van der Waals surface area contributed by atoms with Crippen LogP contribution in [0.1, 0.15) is 5.69 Å². The van der Waals surface area contributed by atoms with E-state index in [2.05, 4.69) is 4.98 Å². The van der Waals surface area contributed by atoms with Crippen LogP contribution in [0.4, 0.5) is 11.4 Å². The van der Waals surface area contributed by atoms with Crippen LogP contribution in [0.5, 0.6) is 0 Å². The van der Waals surface area contributed by atoms with E-state index in [0.717, 1.165) is 13.6 Å². The summed E-state index contributed by atoms with van der Waals surface area (Å²) in [4.78, 5) is 25.2. The first-order chi connectivity index (χ1) is 7.08. The van der Waals surface area contributed by atoms with Crippen molar-refractivity contribution in [3.63, 3.8) is 0 Å². The number of rotatable bonds is 1. The molecule has 2 heterocycles. The van der Waals surface area contributed by atoms with Gasteiger partial charge in [-0.2, -0.15) is 0 Å². The third-order valence-electron chi connectivity index (χ3n) is 2.00. The lowest BCUT2D eigenvalue weighted by atomic mass is 9.79. The van der Waals surface area contributed by atoms with Crippen molar-refractivity contribution in [2.45, 2.75) is 6.42 Å². The van der Waals surface area contributed by atoms with E-state index in [1.165, 1.54) is 6.07 Å². The summed E-state index contributed by atoms with van der Waals surface area (Å²) in [7, 11) is 0.966. The Hall–Kier alpha value is -1.96. The first-order valence-electron chi connectivity index (χ1n) is 4.07. The van der Waals surface area contributed by atoms with Gasteiger partial charge in [0.15, 0.2) is 0 Å². The summed E-state index contributed by atoms with van der Waals surface area (Å²) in [6.45, 7) is 0. The van der Waals surface area contributed by atoms with Gasteiger partial charge in [0, 0.05) is 12.5 Å². The molecule has 0 saturated carbocycles. The van der Waals surface area contributed by atoms with Gasteiger partial charge in [-0.25, -0.2) is 0 Å². The van der Waals surface area contributed by atoms with E-state index < -0.39 is 4.92 Å². The van der Waals surface area contributed by atoms with Crippen LogP contribution in [-0.4, -0.2) is 28.2 Å². The number of nitrogens with zero attached hydrogens (tertiary/aromatic N) is 3. The normalized spacial score (nSPS) is 14.5. The van der Waals surface area contributed by atoms with Crippen molar-refractivity contribution in [2.24, 2.45) is 0 Å². The lowest BCUT2D eigenvalue weighted by molar-refractivity contribution is -0.385. The highest BCUT2D eigenvalue weighted by molar-refractivity contribution is 6.77. The molecule has 0 aliphatic carbocycles. The average molecular weight is 206 g/mol. The minimum Gasteiger partial charge on any atom is -0.309 e. The molecule has 0 spiro atoms. The summed E-state index contributed by atoms with van der Waals surface area (Å²) in [5.41, 5.74) is -0.0266. The van der Waals surface area contributed by atoms with Crippen molar-refractivity contribution in [2.75, 3.05) is 4.97 Å². The number of hydrogen-bond acceptors (Lipinski definition) is 6. The molecule has 8 heteroatoms. The topological polar surface area (TPSA) is 96.6 Å². The molecule has 7 nitrogen and oxygen atoms in total. The Morgan fingerprint density at radius 2 is 2.40 bits per heavy atom. The van der Waals surface area contributed by atoms with Crippen molar-refractivity contribution in [3.8, 4) is 0 Å². The smallest absolute Gasteiger partial charge is 0.309 e. The molecule has 0 fully saturated rings. The fraction of sp³-hybridized carbons (Fsp3) is 0.143. The molecule has 75 valence electrons. The van der Waals surface area contributed by atoms with E-state index >= 15 is 0 Å². The van der Waals surface area contributed by atoms with E-state index in [1.807, 2.05) is 0 Å². The standard InChI is InChI=1S/C7H5BN3O4/c12-7-2-5-6(10(13)8-7)1-4(3-9-5)11(14)15/h1,3,13H,2H2. The Balaban J connectivity index is 2.48. The summed E-state index contributed by atoms with van der Waals surface area (Å²) in [5, 5.41) is 19.8. The second kappa shape index (κ2) is 3.32. The third-order valence-corrected chi connectivity index (χ3v) is 2.00. The van der Waals surface area contributed by atoms with Gasteiger partial charge in [0.1, 0.15) is 11.9 Å². The maximum Gasteiger partial charge on any atom is 0.369 e. The molecule has 1 radical (unpaired) electrons. The molecule has 0 atom stereocenters. The second-order valence-electron chi connectivity index (χ2n) is 3.03. The van der Waals surface area contributed by atoms with Gasteiger partial charge in [-0.15, -0.1) is 0 Å². The second-order valence-corrected chi connectivity index (χ2v) is 3.03. The number of pyridine rings is 1. The zero-order valence-electron chi connectivity index (χ0n) is 7.45. The quantitative estimate of drug-likeness (QED) is 0.391. The highest BCUT2D eigenvalue weighted by atomic mass is 16.6. The lowest BCUT2D eigenvalue weighted by Crippen LogP contribution is -2.37. The van der Waals surface area contributed by atoms with Crippen LogP contribution in [0.15, 0.2) is 12.3 Å². The van der Waals surface area contributed by atoms with Crippen LogP contribution >= 0.6 is 0 Å². The Kier molecular flexibility index (Phi) is 2.12. The monoisotopic (exact) mass is 206 g/mol. The van der Waals surface area contributed by atoms with Gasteiger partial charge in [-0.3, -0.25) is 20.1 Å². The van der Waals surface area contributed by atoms with E-state index in [1.54, 1.807) is 0 Å². The first-order valence-corrected chi connectivity index (χ1v) is 4.07. The molecule has 2 rings (SSSR count). The molecule has 15 heavy (non-hydrogen) atoms. The SMILES string of the molecule is O=C1[B]N(O)c2cc([N+](=O)[O-])cnc2C1. The summed E-state index contributed by atoms with van der Waals surface area (Å²) in [6, 6.07) is 1.17. The van der Waals surface area contributed by atoms with E-state index in [9.17, 15) is 20.1 Å². The Labute approximate surface area is 84.7 Å². The molecular formula is C7H5BN3O4. The van der Waals surface area contributed by atoms with Crippen LogP contribution in [0.2, 0.25) is 0 Å². The number of anilines is 1. The molecule has 0 amide bonds. The highest BCUT2D eigenvalue weighted by Gasteiger charge is 2.26. The number of carbonyl (C=O) groups excluding carboxylic acids is 1. The van der Waals surface area contributed by atoms with Gasteiger partial charge in [0.05, 0.1) is 16.3 Å². The third kappa shape index (κ3) is 1.66. The molecule has 0 unspecified atom stereocenters. The number of aromatic nitrogens is 1. The largest absolute Gasteiger partial charge is 0.369 e. The van der Waals surface area contributed by atoms with Crippen LogP contribution in [0.3, 0.4) is 0 Å². The van der Waals surface area contributed by atoms with E-state index in [-0.39, 0.29) is 23.5 Å². The summed E-state index contributed by atoms with van der Waals surface area (Å²) in [5.74, 6) is 0. The zero-order chi connectivity index (χ0) is 11.0. The van der Waals surface area contributed by atoms with E-state index in [4.69, 9.17) is 0 Å². The molecule has 1 aliphatic rings. The summed E-state index contributed by atoms with van der Waals surface area (Å²) < 4.78 is 0. The predicted molar refractivity (Wildman–Crippen MR) is 49.6 cm³/mol. The molecule has 0 bridgehead atoms. The minimum absolute atomic E-state index is 0.0460. The molecular weight excluding hydrogens is 201 g/mol. The average Bonchev–Trinajstić information content (AvgIpc) is 2.16. The van der Waals surface area contributed by atoms with Crippen LogP contribution in [0.25, 0.3) is 0 Å². The Bertz CT molecular complexity index is 450. The molecule has 1 N–H and O–H groups in total. The van der Waals surface area contributed by atoms with Crippen molar-refractivity contribution >= 4 is 24.5 Å². The van der Waals surface area contributed by atoms with Crippen LogP contribution in [-0.2, 0) is 11.2 Å². The summed E-state index contributed by atoms with van der Waals surface area (Å²) >= 11 is 0. The molecule has 1 aromatic rings. The number of hydrogen-bond donors (Lipinski definition) is 1. The van der Waals surface area contributed by atoms with Crippen molar-refractivity contribution in [3.05, 3.63) is 28.1 Å².